The van der Waals surface area contributed by atoms with Crippen LogP contribution in [0, 0.1) is 0 Å². The second-order valence-corrected chi connectivity index (χ2v) is 12.5. The molecule has 0 unspecified atom stereocenters. The van der Waals surface area contributed by atoms with Gasteiger partial charge in [-0.15, -0.1) is 0 Å². The van der Waals surface area contributed by atoms with Crippen LogP contribution in [-0.2, 0) is 6.42 Å². The van der Waals surface area contributed by atoms with E-state index in [0.29, 0.717) is 0 Å². The van der Waals surface area contributed by atoms with E-state index in [1.807, 2.05) is 291 Å². The van der Waals surface area contributed by atoms with Crippen molar-refractivity contribution in [3.05, 3.63) is 327 Å². The number of hydrogen-bond donors (Lipinski definition) is 0. The summed E-state index contributed by atoms with van der Waals surface area (Å²) in [6.45, 7) is 2.25. The fourth-order valence-corrected chi connectivity index (χ4v) is 4.48. The minimum Gasteiger partial charge on any atom is -0.0654 e. The highest BCUT2D eigenvalue weighted by atomic mass is 14.0. The summed E-state index contributed by atoms with van der Waals surface area (Å²) in [6.07, 6.45) is 6.69. The highest BCUT2D eigenvalue weighted by Gasteiger charge is 1.90. The van der Waals surface area contributed by atoms with E-state index in [1.54, 1.807) is 0 Å². The van der Waals surface area contributed by atoms with Crippen LogP contribution in [0.2, 0.25) is 0 Å². The van der Waals surface area contributed by atoms with E-state index in [0.717, 1.165) is 0 Å². The first kappa shape index (κ1) is 51.0. The van der Waals surface area contributed by atoms with Crippen molar-refractivity contribution in [2.45, 2.75) is 39.0 Å². The highest BCUT2D eigenvalue weighted by molar-refractivity contribution is 5.14. The van der Waals surface area contributed by atoms with Gasteiger partial charge in [0.2, 0.25) is 0 Å². The summed E-state index contributed by atoms with van der Waals surface area (Å²) in [6, 6.07) is 107. The molecular weight excluding hydrogens is 721 g/mol. The van der Waals surface area contributed by atoms with Gasteiger partial charge in [0, 0.05) is 0 Å². The van der Waals surface area contributed by atoms with E-state index in [-0.39, 0.29) is 0 Å². The van der Waals surface area contributed by atoms with Gasteiger partial charge >= 0.3 is 0 Å². The second-order valence-electron chi connectivity index (χ2n) is 12.5. The van der Waals surface area contributed by atoms with E-state index in [1.165, 1.54) is 37.7 Å². The van der Waals surface area contributed by atoms with Gasteiger partial charge in [-0.1, -0.05) is 348 Å². The largest absolute Gasteiger partial charge is 0.0654 e. The predicted molar refractivity (Wildman–Crippen MR) is 266 cm³/mol. The molecule has 306 valence electrons. The fraction of sp³-hybridized carbons (Fsp3) is 0.100. The topological polar surface area (TPSA) is 0 Å². The number of aryl methyl sites for hydroxylation is 1. The summed E-state index contributed by atoms with van der Waals surface area (Å²) in [7, 11) is 0. The Morgan fingerprint density at radius 2 is 0.333 bits per heavy atom. The van der Waals surface area contributed by atoms with Crippen molar-refractivity contribution in [3.63, 3.8) is 0 Å². The molecule has 0 aliphatic carbocycles. The normalized spacial score (nSPS) is 8.42. The average Bonchev–Trinajstić information content (AvgIpc) is 3.39. The van der Waals surface area contributed by atoms with Crippen LogP contribution in [0.1, 0.15) is 38.2 Å². The Bertz CT molecular complexity index is 1330. The van der Waals surface area contributed by atoms with Crippen molar-refractivity contribution in [1.29, 1.82) is 0 Å². The van der Waals surface area contributed by atoms with Crippen LogP contribution in [0.5, 0.6) is 0 Å². The standard InChI is InChI=1S/C12H18.8C6H6/c1-2-3-4-6-9-12-10-7-5-8-11-12;8*1-2-4-6-5-3-1/h5,7-8,10-11H,2-4,6,9H2,1H3;8*1-6H. The summed E-state index contributed by atoms with van der Waals surface area (Å²) in [5.41, 5.74) is 1.48. The first-order chi connectivity index (χ1) is 29.9. The SMILES string of the molecule is CCCCCCc1ccccc1.c1ccccc1.c1ccccc1.c1ccccc1.c1ccccc1.c1ccccc1.c1ccccc1.c1ccccc1.c1ccccc1. The number of unbranched alkanes of at least 4 members (excludes halogenated alkanes) is 3. The van der Waals surface area contributed by atoms with Crippen LogP contribution in [-0.4, -0.2) is 0 Å². The summed E-state index contributed by atoms with van der Waals surface area (Å²) in [5, 5.41) is 0. The van der Waals surface area contributed by atoms with E-state index in [9.17, 15) is 0 Å². The molecule has 0 heterocycles. The maximum atomic E-state index is 2.25. The predicted octanol–water partition coefficient (Wildman–Crippen LogP) is 17.3. The first-order valence-electron chi connectivity index (χ1n) is 21.0. The maximum Gasteiger partial charge on any atom is -0.0279 e. The molecule has 0 bridgehead atoms. The van der Waals surface area contributed by atoms with Crippen molar-refractivity contribution in [3.8, 4) is 0 Å². The Kier molecular flexibility index (Phi) is 39.4. The van der Waals surface area contributed by atoms with Gasteiger partial charge in [0.15, 0.2) is 0 Å². The molecule has 0 N–H and O–H groups in total. The van der Waals surface area contributed by atoms with E-state index in [2.05, 4.69) is 37.3 Å². The minimum atomic E-state index is 1.25. The molecule has 0 amide bonds. The molecule has 0 nitrogen and oxygen atoms in total. The molecule has 9 aromatic carbocycles. The summed E-state index contributed by atoms with van der Waals surface area (Å²) >= 11 is 0. The third kappa shape index (κ3) is 42.1. The monoisotopic (exact) mass is 787 g/mol. The highest BCUT2D eigenvalue weighted by Crippen LogP contribution is 2.06. The Morgan fingerprint density at radius 3 is 0.483 bits per heavy atom. The zero-order valence-electron chi connectivity index (χ0n) is 35.6. The van der Waals surface area contributed by atoms with Crippen LogP contribution in [0.15, 0.2) is 322 Å². The lowest BCUT2D eigenvalue weighted by Crippen LogP contribution is -1.84. The third-order valence-electron chi connectivity index (χ3n) is 7.50. The second kappa shape index (κ2) is 46.4. The van der Waals surface area contributed by atoms with E-state index in [4.69, 9.17) is 0 Å². The molecule has 0 atom stereocenters. The molecule has 0 aliphatic heterocycles. The zero-order valence-corrected chi connectivity index (χ0v) is 35.6. The van der Waals surface area contributed by atoms with Gasteiger partial charge in [-0.3, -0.25) is 0 Å². The smallest absolute Gasteiger partial charge is 0.0279 e. The molecule has 0 saturated heterocycles. The van der Waals surface area contributed by atoms with Crippen molar-refractivity contribution < 1.29 is 0 Å². The van der Waals surface area contributed by atoms with Crippen molar-refractivity contribution in [2.75, 3.05) is 0 Å². The van der Waals surface area contributed by atoms with Crippen LogP contribution >= 0.6 is 0 Å². The Hall–Kier alpha value is -7.02. The van der Waals surface area contributed by atoms with Crippen molar-refractivity contribution in [1.82, 2.24) is 0 Å². The molecule has 60 heavy (non-hydrogen) atoms. The first-order valence-corrected chi connectivity index (χ1v) is 21.0. The summed E-state index contributed by atoms with van der Waals surface area (Å²) in [5.74, 6) is 0. The Morgan fingerprint density at radius 1 is 0.183 bits per heavy atom. The third-order valence-corrected chi connectivity index (χ3v) is 7.50. The molecule has 0 aromatic heterocycles. The molecule has 0 heteroatoms. The quantitative estimate of drug-likeness (QED) is 0.152. The molecule has 9 aromatic rings. The Balaban J connectivity index is 0.000000342. The van der Waals surface area contributed by atoms with Gasteiger partial charge in [0.25, 0.3) is 0 Å². The van der Waals surface area contributed by atoms with Crippen LogP contribution < -0.4 is 0 Å². The molecule has 0 spiro atoms. The van der Waals surface area contributed by atoms with Crippen LogP contribution in [0.4, 0.5) is 0 Å². The lowest BCUT2D eigenvalue weighted by molar-refractivity contribution is 0.667. The van der Waals surface area contributed by atoms with Crippen molar-refractivity contribution >= 4 is 0 Å². The lowest BCUT2D eigenvalue weighted by Gasteiger charge is -1.99. The van der Waals surface area contributed by atoms with E-state index >= 15 is 0 Å². The molecule has 0 aliphatic rings. The fourth-order valence-electron chi connectivity index (χ4n) is 4.48. The maximum absolute atomic E-state index is 2.25. The average molecular weight is 787 g/mol. The van der Waals surface area contributed by atoms with Gasteiger partial charge in [-0.2, -0.15) is 0 Å². The summed E-state index contributed by atoms with van der Waals surface area (Å²) in [4.78, 5) is 0. The van der Waals surface area contributed by atoms with Gasteiger partial charge in [-0.05, 0) is 18.4 Å². The zero-order chi connectivity index (χ0) is 42.6. The van der Waals surface area contributed by atoms with Crippen LogP contribution in [0.3, 0.4) is 0 Å². The minimum absolute atomic E-state index is 1.25. The van der Waals surface area contributed by atoms with Gasteiger partial charge in [-0.25, -0.2) is 0 Å². The van der Waals surface area contributed by atoms with Gasteiger partial charge in [0.1, 0.15) is 0 Å². The Labute approximate surface area is 364 Å². The molecule has 0 radical (unpaired) electrons. The molecule has 0 saturated carbocycles. The summed E-state index contributed by atoms with van der Waals surface area (Å²) < 4.78 is 0. The van der Waals surface area contributed by atoms with E-state index < -0.39 is 0 Å². The molecule has 0 fully saturated rings. The number of benzene rings is 9. The van der Waals surface area contributed by atoms with Crippen LogP contribution in [0.25, 0.3) is 0 Å². The molecule has 9 rings (SSSR count). The lowest BCUT2D eigenvalue weighted by atomic mass is 10.1. The van der Waals surface area contributed by atoms with Gasteiger partial charge < -0.3 is 0 Å². The van der Waals surface area contributed by atoms with Crippen molar-refractivity contribution in [2.24, 2.45) is 0 Å². The number of rotatable bonds is 5. The number of hydrogen-bond acceptors (Lipinski definition) is 0. The van der Waals surface area contributed by atoms with Gasteiger partial charge in [0.05, 0.1) is 0 Å². The molecular formula is C60H66.